The van der Waals surface area contributed by atoms with Gasteiger partial charge < -0.3 is 15.2 Å². The summed E-state index contributed by atoms with van der Waals surface area (Å²) in [5.41, 5.74) is 0. The molecule has 1 unspecified atom stereocenters. The van der Waals surface area contributed by atoms with Crippen molar-refractivity contribution in [2.24, 2.45) is 0 Å². The summed E-state index contributed by atoms with van der Waals surface area (Å²) < 4.78 is 5.39. The van der Waals surface area contributed by atoms with Gasteiger partial charge >= 0.3 is 5.97 Å². The highest BCUT2D eigenvalue weighted by Crippen LogP contribution is 2.22. The number of amides is 1. The minimum atomic E-state index is -1.09. The van der Waals surface area contributed by atoms with Crippen LogP contribution in [0.1, 0.15) is 11.3 Å². The molecule has 0 aliphatic heterocycles. The van der Waals surface area contributed by atoms with E-state index < -0.39 is 12.1 Å². The van der Waals surface area contributed by atoms with Crippen molar-refractivity contribution < 1.29 is 19.4 Å². The minimum Gasteiger partial charge on any atom is -0.479 e. The quantitative estimate of drug-likeness (QED) is 0.799. The summed E-state index contributed by atoms with van der Waals surface area (Å²) >= 11 is 7.20. The van der Waals surface area contributed by atoms with Gasteiger partial charge in [0.2, 0.25) is 5.91 Å². The molecule has 2 N–H and O–H groups in total. The average molecular weight is 292 g/mol. The highest BCUT2D eigenvalue weighted by molar-refractivity contribution is 7.16. The molecule has 1 amide bonds. The van der Waals surface area contributed by atoms with Gasteiger partial charge in [0.1, 0.15) is 0 Å². The van der Waals surface area contributed by atoms with Crippen molar-refractivity contribution in [3.05, 3.63) is 21.3 Å². The molecule has 0 spiro atoms. The number of halogens is 1. The summed E-state index contributed by atoms with van der Waals surface area (Å²) in [4.78, 5) is 23.1. The number of thiophene rings is 1. The molecular weight excluding hydrogens is 278 g/mol. The first kappa shape index (κ1) is 14.9. The van der Waals surface area contributed by atoms with Gasteiger partial charge in [0.15, 0.2) is 6.10 Å². The van der Waals surface area contributed by atoms with E-state index >= 15 is 0 Å². The Bertz CT molecular complexity index is 421. The molecule has 0 saturated carbocycles. The van der Waals surface area contributed by atoms with Crippen LogP contribution in [0, 0.1) is 0 Å². The van der Waals surface area contributed by atoms with Crippen LogP contribution >= 0.6 is 22.9 Å². The van der Waals surface area contributed by atoms with E-state index in [0.717, 1.165) is 4.88 Å². The lowest BCUT2D eigenvalue weighted by Crippen LogP contribution is -2.37. The summed E-state index contributed by atoms with van der Waals surface area (Å²) in [6, 6.07) is 3.65. The topological polar surface area (TPSA) is 75.6 Å². The van der Waals surface area contributed by atoms with E-state index in [1.807, 2.05) is 6.07 Å². The number of carboxylic acids is 1. The molecule has 1 atom stereocenters. The molecule has 0 saturated heterocycles. The largest absolute Gasteiger partial charge is 0.479 e. The Labute approximate surface area is 114 Å². The molecule has 1 heterocycles. The van der Waals surface area contributed by atoms with Crippen molar-refractivity contribution in [1.29, 1.82) is 0 Å². The third kappa shape index (κ3) is 5.03. The minimum absolute atomic E-state index is 0.0319. The standard InChI is InChI=1S/C11H14ClNO4S/c1-17-8(11(15)16)6-13-10(14)5-3-7-2-4-9(12)18-7/h2,4,8H,3,5-6H2,1H3,(H,13,14)(H,15,16). The number of ether oxygens (including phenoxy) is 1. The Morgan fingerprint density at radius 1 is 1.56 bits per heavy atom. The second-order valence-electron chi connectivity index (χ2n) is 3.57. The molecule has 0 aliphatic rings. The smallest absolute Gasteiger partial charge is 0.334 e. The molecule has 18 heavy (non-hydrogen) atoms. The van der Waals surface area contributed by atoms with Gasteiger partial charge in [0, 0.05) is 18.4 Å². The van der Waals surface area contributed by atoms with Gasteiger partial charge in [0.05, 0.1) is 10.9 Å². The number of hydrogen-bond donors (Lipinski definition) is 2. The van der Waals surface area contributed by atoms with E-state index in [9.17, 15) is 9.59 Å². The van der Waals surface area contributed by atoms with Crippen LogP contribution < -0.4 is 5.32 Å². The Morgan fingerprint density at radius 3 is 2.78 bits per heavy atom. The summed E-state index contributed by atoms with van der Waals surface area (Å²) in [5, 5.41) is 11.2. The van der Waals surface area contributed by atoms with Crippen molar-refractivity contribution in [2.45, 2.75) is 18.9 Å². The second kappa shape index (κ2) is 7.35. The zero-order chi connectivity index (χ0) is 13.5. The van der Waals surface area contributed by atoms with E-state index in [4.69, 9.17) is 21.4 Å². The Hall–Kier alpha value is -1.11. The van der Waals surface area contributed by atoms with Crippen molar-refractivity contribution in [3.63, 3.8) is 0 Å². The fraction of sp³-hybridized carbons (Fsp3) is 0.455. The van der Waals surface area contributed by atoms with E-state index in [-0.39, 0.29) is 12.5 Å². The molecule has 1 aromatic rings. The lowest BCUT2D eigenvalue weighted by Gasteiger charge is -2.11. The van der Waals surface area contributed by atoms with Gasteiger partial charge in [-0.15, -0.1) is 11.3 Å². The molecule has 0 radical (unpaired) electrons. The van der Waals surface area contributed by atoms with Crippen LogP contribution in [0.15, 0.2) is 12.1 Å². The second-order valence-corrected chi connectivity index (χ2v) is 5.37. The van der Waals surface area contributed by atoms with Crippen molar-refractivity contribution in [3.8, 4) is 0 Å². The number of rotatable bonds is 7. The molecule has 7 heteroatoms. The number of aliphatic carboxylic acids is 1. The van der Waals surface area contributed by atoms with Crippen molar-refractivity contribution in [2.75, 3.05) is 13.7 Å². The molecule has 5 nitrogen and oxygen atoms in total. The molecule has 0 aliphatic carbocycles. The van der Waals surface area contributed by atoms with Crippen LogP contribution in [0.4, 0.5) is 0 Å². The number of hydrogen-bond acceptors (Lipinski definition) is 4. The van der Waals surface area contributed by atoms with Gasteiger partial charge in [0.25, 0.3) is 0 Å². The summed E-state index contributed by atoms with van der Waals surface area (Å²) in [6.07, 6.45) is -0.119. The third-order valence-corrected chi connectivity index (χ3v) is 3.56. The first-order valence-corrected chi connectivity index (χ1v) is 6.49. The van der Waals surface area contributed by atoms with Crippen molar-refractivity contribution >= 4 is 34.8 Å². The lowest BCUT2D eigenvalue weighted by atomic mass is 10.2. The maximum absolute atomic E-state index is 11.5. The van der Waals surface area contributed by atoms with Crippen LogP contribution in [-0.4, -0.2) is 36.7 Å². The fourth-order valence-electron chi connectivity index (χ4n) is 1.29. The normalized spacial score (nSPS) is 12.1. The number of nitrogens with one attached hydrogen (secondary N) is 1. The molecule has 1 rings (SSSR count). The Morgan fingerprint density at radius 2 is 2.28 bits per heavy atom. The zero-order valence-corrected chi connectivity index (χ0v) is 11.4. The van der Waals surface area contributed by atoms with Gasteiger partial charge in [-0.2, -0.15) is 0 Å². The lowest BCUT2D eigenvalue weighted by molar-refractivity contribution is -0.148. The van der Waals surface area contributed by atoms with E-state index in [0.29, 0.717) is 17.2 Å². The van der Waals surface area contributed by atoms with Crippen LogP contribution in [0.2, 0.25) is 4.34 Å². The van der Waals surface area contributed by atoms with Crippen LogP contribution in [-0.2, 0) is 20.7 Å². The zero-order valence-electron chi connectivity index (χ0n) is 9.81. The van der Waals surface area contributed by atoms with E-state index in [2.05, 4.69) is 5.32 Å². The number of carboxylic acid groups (broad SMARTS) is 1. The monoisotopic (exact) mass is 291 g/mol. The number of methoxy groups -OCH3 is 1. The van der Waals surface area contributed by atoms with Gasteiger partial charge in [-0.1, -0.05) is 11.6 Å². The Kier molecular flexibility index (Phi) is 6.11. The van der Waals surface area contributed by atoms with E-state index in [1.54, 1.807) is 6.07 Å². The van der Waals surface area contributed by atoms with Crippen LogP contribution in [0.25, 0.3) is 0 Å². The number of aryl methyl sites for hydroxylation is 1. The molecule has 0 aromatic carbocycles. The van der Waals surface area contributed by atoms with Crippen LogP contribution in [0.5, 0.6) is 0 Å². The highest BCUT2D eigenvalue weighted by Gasteiger charge is 2.16. The molecule has 0 bridgehead atoms. The molecule has 0 fully saturated rings. The van der Waals surface area contributed by atoms with Crippen molar-refractivity contribution in [1.82, 2.24) is 5.32 Å². The van der Waals surface area contributed by atoms with Gasteiger partial charge in [-0.3, -0.25) is 4.79 Å². The Balaban J connectivity index is 2.27. The highest BCUT2D eigenvalue weighted by atomic mass is 35.5. The SMILES string of the molecule is COC(CNC(=O)CCc1ccc(Cl)s1)C(=O)O. The maximum atomic E-state index is 11.5. The predicted molar refractivity (Wildman–Crippen MR) is 69.1 cm³/mol. The first-order chi connectivity index (χ1) is 8.52. The number of carbonyl (C=O) groups is 2. The summed E-state index contributed by atoms with van der Waals surface area (Å²) in [5.74, 6) is -1.30. The average Bonchev–Trinajstić information content (AvgIpc) is 2.73. The molecule has 1 aromatic heterocycles. The molecule has 100 valence electrons. The van der Waals surface area contributed by atoms with Gasteiger partial charge in [-0.25, -0.2) is 4.79 Å². The summed E-state index contributed by atoms with van der Waals surface area (Å²) in [7, 11) is 1.29. The third-order valence-electron chi connectivity index (χ3n) is 2.27. The first-order valence-electron chi connectivity index (χ1n) is 5.29. The van der Waals surface area contributed by atoms with E-state index in [1.165, 1.54) is 18.4 Å². The predicted octanol–water partition coefficient (Wildman–Crippen LogP) is 1.55. The summed E-state index contributed by atoms with van der Waals surface area (Å²) in [6.45, 7) is -0.0319. The fourth-order valence-corrected chi connectivity index (χ4v) is 2.38. The van der Waals surface area contributed by atoms with Gasteiger partial charge in [-0.05, 0) is 18.6 Å². The molecular formula is C11H14ClNO4S. The van der Waals surface area contributed by atoms with Crippen LogP contribution in [0.3, 0.4) is 0 Å². The maximum Gasteiger partial charge on any atom is 0.334 e. The number of carbonyl (C=O) groups excluding carboxylic acids is 1.